The van der Waals surface area contributed by atoms with Crippen LogP contribution in [0.15, 0.2) is 54.6 Å². The fourth-order valence-electron chi connectivity index (χ4n) is 2.15. The molecule has 0 atom stereocenters. The summed E-state index contributed by atoms with van der Waals surface area (Å²) in [6.07, 6.45) is 0. The second-order valence-corrected chi connectivity index (χ2v) is 5.60. The molecule has 0 aromatic heterocycles. The van der Waals surface area contributed by atoms with Gasteiger partial charge in [0.05, 0.1) is 0 Å². The van der Waals surface area contributed by atoms with Crippen LogP contribution >= 0.6 is 0 Å². The molecule has 0 bridgehead atoms. The van der Waals surface area contributed by atoms with E-state index >= 15 is 0 Å². The predicted molar refractivity (Wildman–Crippen MR) is 82.0 cm³/mol. The minimum atomic E-state index is 0.134. The number of benzene rings is 2. The molecule has 0 heterocycles. The van der Waals surface area contributed by atoms with E-state index in [1.165, 1.54) is 11.1 Å². The Morgan fingerprint density at radius 3 is 2.21 bits per heavy atom. The van der Waals surface area contributed by atoms with Gasteiger partial charge >= 0.3 is 0 Å². The van der Waals surface area contributed by atoms with E-state index < -0.39 is 0 Å². The van der Waals surface area contributed by atoms with Crippen molar-refractivity contribution < 1.29 is 0 Å². The Hall–Kier alpha value is -1.80. The molecule has 100 valence electrons. The van der Waals surface area contributed by atoms with E-state index in [4.69, 9.17) is 5.73 Å². The molecule has 2 aromatic carbocycles. The van der Waals surface area contributed by atoms with Gasteiger partial charge in [0, 0.05) is 24.2 Å². The number of nitrogens with two attached hydrogens (primary N) is 1. The van der Waals surface area contributed by atoms with Gasteiger partial charge in [-0.25, -0.2) is 0 Å². The monoisotopic (exact) mass is 254 g/mol. The molecule has 0 amide bonds. The number of hydrogen-bond acceptors (Lipinski definition) is 2. The minimum absolute atomic E-state index is 0.134. The summed E-state index contributed by atoms with van der Waals surface area (Å²) < 4.78 is 0. The molecule has 0 saturated heterocycles. The smallest absolute Gasteiger partial charge is 0.0314 e. The summed E-state index contributed by atoms with van der Waals surface area (Å²) in [7, 11) is 0. The van der Waals surface area contributed by atoms with Crippen LogP contribution in [-0.2, 0) is 12.0 Å². The average molecular weight is 254 g/mol. The zero-order valence-electron chi connectivity index (χ0n) is 11.7. The number of nitrogens with one attached hydrogen (secondary N) is 1. The molecule has 2 heteroatoms. The van der Waals surface area contributed by atoms with Gasteiger partial charge in [-0.15, -0.1) is 0 Å². The van der Waals surface area contributed by atoms with Gasteiger partial charge < -0.3 is 11.1 Å². The van der Waals surface area contributed by atoms with E-state index in [-0.39, 0.29) is 5.41 Å². The van der Waals surface area contributed by atoms with E-state index in [2.05, 4.69) is 61.6 Å². The van der Waals surface area contributed by atoms with Crippen LogP contribution in [0.3, 0.4) is 0 Å². The Morgan fingerprint density at radius 2 is 1.58 bits per heavy atom. The Kier molecular flexibility index (Phi) is 4.23. The zero-order valence-corrected chi connectivity index (χ0v) is 11.7. The zero-order chi connectivity index (χ0) is 13.7. The van der Waals surface area contributed by atoms with Gasteiger partial charge in [0.1, 0.15) is 0 Å². The maximum absolute atomic E-state index is 5.68. The molecule has 0 saturated carbocycles. The second kappa shape index (κ2) is 5.89. The fraction of sp³-hybridized carbons (Fsp3) is 0.294. The molecule has 0 radical (unpaired) electrons. The molecule has 0 unspecified atom stereocenters. The number of anilines is 1. The highest BCUT2D eigenvalue weighted by atomic mass is 14.9. The standard InChI is InChI=1S/C17H22N2/c1-17(2,15-6-4-3-5-7-15)13-19-12-14-8-10-16(18)11-9-14/h3-11,19H,12-13,18H2,1-2H3. The highest BCUT2D eigenvalue weighted by molar-refractivity contribution is 5.39. The second-order valence-electron chi connectivity index (χ2n) is 5.60. The summed E-state index contributed by atoms with van der Waals surface area (Å²) >= 11 is 0. The average Bonchev–Trinajstić information content (AvgIpc) is 2.42. The van der Waals surface area contributed by atoms with Gasteiger partial charge in [0.2, 0.25) is 0 Å². The van der Waals surface area contributed by atoms with Crippen LogP contribution in [0.2, 0.25) is 0 Å². The third-order valence-electron chi connectivity index (χ3n) is 3.43. The van der Waals surface area contributed by atoms with Crippen molar-refractivity contribution in [3.8, 4) is 0 Å². The largest absolute Gasteiger partial charge is 0.399 e. The first-order chi connectivity index (χ1) is 9.08. The fourth-order valence-corrected chi connectivity index (χ4v) is 2.15. The van der Waals surface area contributed by atoms with E-state index in [9.17, 15) is 0 Å². The van der Waals surface area contributed by atoms with Crippen LogP contribution in [0.5, 0.6) is 0 Å². The highest BCUT2D eigenvalue weighted by Gasteiger charge is 2.19. The van der Waals surface area contributed by atoms with Gasteiger partial charge in [-0.05, 0) is 23.3 Å². The molecule has 3 N–H and O–H groups in total. The Labute approximate surface area is 115 Å². The van der Waals surface area contributed by atoms with Gasteiger partial charge in [0.15, 0.2) is 0 Å². The van der Waals surface area contributed by atoms with Crippen molar-refractivity contribution in [1.29, 1.82) is 0 Å². The van der Waals surface area contributed by atoms with Crippen molar-refractivity contribution in [3.63, 3.8) is 0 Å². The molecule has 2 aromatic rings. The molecular weight excluding hydrogens is 232 g/mol. The Balaban J connectivity index is 1.90. The topological polar surface area (TPSA) is 38.0 Å². The molecule has 19 heavy (non-hydrogen) atoms. The molecule has 2 rings (SSSR count). The van der Waals surface area contributed by atoms with Crippen LogP contribution in [0.4, 0.5) is 5.69 Å². The third kappa shape index (κ3) is 3.83. The van der Waals surface area contributed by atoms with Crippen molar-refractivity contribution in [2.75, 3.05) is 12.3 Å². The summed E-state index contributed by atoms with van der Waals surface area (Å²) in [4.78, 5) is 0. The van der Waals surface area contributed by atoms with E-state index in [1.54, 1.807) is 0 Å². The lowest BCUT2D eigenvalue weighted by Gasteiger charge is -2.25. The number of rotatable bonds is 5. The minimum Gasteiger partial charge on any atom is -0.399 e. The predicted octanol–water partition coefficient (Wildman–Crippen LogP) is 3.34. The van der Waals surface area contributed by atoms with Crippen LogP contribution in [0.25, 0.3) is 0 Å². The summed E-state index contributed by atoms with van der Waals surface area (Å²) in [6.45, 7) is 6.34. The van der Waals surface area contributed by atoms with E-state index in [0.29, 0.717) is 0 Å². The lowest BCUT2D eigenvalue weighted by molar-refractivity contribution is 0.469. The first-order valence-corrected chi connectivity index (χ1v) is 6.68. The molecule has 0 fully saturated rings. The quantitative estimate of drug-likeness (QED) is 0.803. The van der Waals surface area contributed by atoms with E-state index in [1.807, 2.05) is 12.1 Å². The van der Waals surface area contributed by atoms with Crippen LogP contribution in [-0.4, -0.2) is 6.54 Å². The first kappa shape index (κ1) is 13.6. The number of hydrogen-bond donors (Lipinski definition) is 2. The molecule has 0 aliphatic carbocycles. The molecule has 2 nitrogen and oxygen atoms in total. The first-order valence-electron chi connectivity index (χ1n) is 6.68. The lowest BCUT2D eigenvalue weighted by Crippen LogP contribution is -2.32. The lowest BCUT2D eigenvalue weighted by atomic mass is 9.84. The Morgan fingerprint density at radius 1 is 0.947 bits per heavy atom. The van der Waals surface area contributed by atoms with Crippen LogP contribution in [0.1, 0.15) is 25.0 Å². The van der Waals surface area contributed by atoms with E-state index in [0.717, 1.165) is 18.8 Å². The normalized spacial score (nSPS) is 11.5. The van der Waals surface area contributed by atoms with Crippen molar-refractivity contribution in [2.45, 2.75) is 25.8 Å². The summed E-state index contributed by atoms with van der Waals surface area (Å²) in [5.41, 5.74) is 9.25. The van der Waals surface area contributed by atoms with Gasteiger partial charge in [-0.3, -0.25) is 0 Å². The van der Waals surface area contributed by atoms with Crippen molar-refractivity contribution in [3.05, 3.63) is 65.7 Å². The molecule has 0 spiro atoms. The van der Waals surface area contributed by atoms with Crippen molar-refractivity contribution in [2.24, 2.45) is 0 Å². The van der Waals surface area contributed by atoms with Crippen LogP contribution in [0, 0.1) is 0 Å². The maximum atomic E-state index is 5.68. The van der Waals surface area contributed by atoms with Crippen LogP contribution < -0.4 is 11.1 Å². The van der Waals surface area contributed by atoms with Crippen molar-refractivity contribution in [1.82, 2.24) is 5.32 Å². The SMILES string of the molecule is CC(C)(CNCc1ccc(N)cc1)c1ccccc1. The summed E-state index contributed by atoms with van der Waals surface area (Å²) in [6, 6.07) is 18.6. The van der Waals surface area contributed by atoms with Gasteiger partial charge in [-0.1, -0.05) is 56.3 Å². The van der Waals surface area contributed by atoms with Gasteiger partial charge in [0.25, 0.3) is 0 Å². The highest BCUT2D eigenvalue weighted by Crippen LogP contribution is 2.21. The third-order valence-corrected chi connectivity index (χ3v) is 3.43. The Bertz CT molecular complexity index is 501. The summed E-state index contributed by atoms with van der Waals surface area (Å²) in [5, 5.41) is 3.52. The van der Waals surface area contributed by atoms with Gasteiger partial charge in [-0.2, -0.15) is 0 Å². The summed E-state index contributed by atoms with van der Waals surface area (Å²) in [5.74, 6) is 0. The van der Waals surface area contributed by atoms with Crippen molar-refractivity contribution >= 4 is 5.69 Å². The maximum Gasteiger partial charge on any atom is 0.0314 e. The molecule has 0 aliphatic heterocycles. The number of nitrogen functional groups attached to an aromatic ring is 1. The molecular formula is C17H22N2. The molecule has 0 aliphatic rings.